The molecule has 0 bridgehead atoms. The first-order chi connectivity index (χ1) is 9.61. The van der Waals surface area contributed by atoms with Gasteiger partial charge in [0, 0.05) is 24.6 Å². The summed E-state index contributed by atoms with van der Waals surface area (Å²) in [6, 6.07) is 0.528. The Kier molecular flexibility index (Phi) is 5.61. The molecule has 112 valence electrons. The molecule has 20 heavy (non-hydrogen) atoms. The fraction of sp³-hybridized carbons (Fsp3) is 0.733. The topological polar surface area (TPSA) is 41.1 Å². The molecule has 1 atom stereocenters. The van der Waals surface area contributed by atoms with Crippen molar-refractivity contribution in [2.24, 2.45) is 0 Å². The number of likely N-dealkylation sites (tertiary alicyclic amines) is 1. The van der Waals surface area contributed by atoms with Crippen LogP contribution in [0.5, 0.6) is 0 Å². The largest absolute Gasteiger partial charge is 0.368 e. The third-order valence-electron chi connectivity index (χ3n) is 3.94. The zero-order valence-electron chi connectivity index (χ0n) is 12.7. The highest BCUT2D eigenvalue weighted by molar-refractivity contribution is 6.30. The average Bonchev–Trinajstić information content (AvgIpc) is 2.95. The fourth-order valence-corrected chi connectivity index (χ4v) is 2.78. The molecule has 1 aliphatic heterocycles. The molecule has 0 amide bonds. The van der Waals surface area contributed by atoms with E-state index in [4.69, 9.17) is 11.6 Å². The van der Waals surface area contributed by atoms with Gasteiger partial charge in [0.15, 0.2) is 0 Å². The predicted molar refractivity (Wildman–Crippen MR) is 84.5 cm³/mol. The van der Waals surface area contributed by atoms with Crippen molar-refractivity contribution in [2.45, 2.75) is 52.5 Å². The maximum atomic E-state index is 6.20. The Morgan fingerprint density at radius 1 is 1.30 bits per heavy atom. The van der Waals surface area contributed by atoms with Crippen LogP contribution in [0.4, 0.5) is 5.82 Å². The van der Waals surface area contributed by atoms with E-state index in [1.807, 2.05) is 6.92 Å². The lowest BCUT2D eigenvalue weighted by molar-refractivity contribution is 0.269. The van der Waals surface area contributed by atoms with Crippen molar-refractivity contribution in [3.05, 3.63) is 16.5 Å². The van der Waals surface area contributed by atoms with Gasteiger partial charge in [0.1, 0.15) is 16.8 Å². The fourth-order valence-electron chi connectivity index (χ4n) is 2.60. The van der Waals surface area contributed by atoms with Crippen LogP contribution in [-0.4, -0.2) is 40.5 Å². The number of rotatable bonds is 6. The molecule has 1 unspecified atom stereocenters. The molecule has 1 aromatic rings. The molecular weight excluding hydrogens is 272 g/mol. The van der Waals surface area contributed by atoms with E-state index in [0.717, 1.165) is 36.6 Å². The standard InChI is InChI=1S/C15H25ClN4/c1-4-7-13-18-14(16)12(3)15(19-13)17-10-11(2)20-8-5-6-9-20/h11H,4-10H2,1-3H3,(H,17,18,19). The highest BCUT2D eigenvalue weighted by Crippen LogP contribution is 2.21. The number of anilines is 1. The van der Waals surface area contributed by atoms with Crippen LogP contribution in [-0.2, 0) is 6.42 Å². The van der Waals surface area contributed by atoms with Crippen molar-refractivity contribution in [3.8, 4) is 0 Å². The first kappa shape index (κ1) is 15.5. The maximum Gasteiger partial charge on any atom is 0.137 e. The van der Waals surface area contributed by atoms with E-state index >= 15 is 0 Å². The molecule has 0 aliphatic carbocycles. The van der Waals surface area contributed by atoms with Gasteiger partial charge in [0.25, 0.3) is 0 Å². The minimum absolute atomic E-state index is 0.528. The first-order valence-electron chi connectivity index (χ1n) is 7.62. The summed E-state index contributed by atoms with van der Waals surface area (Å²) in [7, 11) is 0. The van der Waals surface area contributed by atoms with Gasteiger partial charge in [-0.3, -0.25) is 4.90 Å². The molecular formula is C15H25ClN4. The zero-order valence-corrected chi connectivity index (χ0v) is 13.5. The quantitative estimate of drug-likeness (QED) is 0.818. The van der Waals surface area contributed by atoms with E-state index in [-0.39, 0.29) is 0 Å². The van der Waals surface area contributed by atoms with Gasteiger partial charge >= 0.3 is 0 Å². The second-order valence-electron chi connectivity index (χ2n) is 5.63. The monoisotopic (exact) mass is 296 g/mol. The molecule has 0 saturated carbocycles. The molecule has 5 heteroatoms. The molecule has 4 nitrogen and oxygen atoms in total. The molecule has 2 rings (SSSR count). The number of hydrogen-bond acceptors (Lipinski definition) is 4. The van der Waals surface area contributed by atoms with Crippen LogP contribution in [0.25, 0.3) is 0 Å². The Morgan fingerprint density at radius 3 is 2.65 bits per heavy atom. The Balaban J connectivity index is 2.00. The van der Waals surface area contributed by atoms with Gasteiger partial charge < -0.3 is 5.32 Å². The summed E-state index contributed by atoms with van der Waals surface area (Å²) in [5.74, 6) is 1.72. The summed E-state index contributed by atoms with van der Waals surface area (Å²) in [4.78, 5) is 11.5. The number of halogens is 1. The van der Waals surface area contributed by atoms with Gasteiger partial charge in [-0.1, -0.05) is 18.5 Å². The van der Waals surface area contributed by atoms with Crippen molar-refractivity contribution in [3.63, 3.8) is 0 Å². The van der Waals surface area contributed by atoms with E-state index < -0.39 is 0 Å². The van der Waals surface area contributed by atoms with E-state index in [1.165, 1.54) is 25.9 Å². The molecule has 1 saturated heterocycles. The van der Waals surface area contributed by atoms with Crippen LogP contribution in [0.1, 0.15) is 44.5 Å². The first-order valence-corrected chi connectivity index (χ1v) is 8.00. The van der Waals surface area contributed by atoms with Crippen molar-refractivity contribution in [2.75, 3.05) is 25.0 Å². The summed E-state index contributed by atoms with van der Waals surface area (Å²) >= 11 is 6.20. The molecule has 1 aliphatic rings. The minimum Gasteiger partial charge on any atom is -0.368 e. The van der Waals surface area contributed by atoms with E-state index in [1.54, 1.807) is 0 Å². The lowest BCUT2D eigenvalue weighted by Gasteiger charge is -2.24. The van der Waals surface area contributed by atoms with Crippen molar-refractivity contribution in [1.29, 1.82) is 0 Å². The van der Waals surface area contributed by atoms with Crippen LogP contribution < -0.4 is 5.32 Å². The highest BCUT2D eigenvalue weighted by atomic mass is 35.5. The van der Waals surface area contributed by atoms with Crippen LogP contribution >= 0.6 is 11.6 Å². The van der Waals surface area contributed by atoms with Gasteiger partial charge in [0.2, 0.25) is 0 Å². The van der Waals surface area contributed by atoms with Crippen molar-refractivity contribution >= 4 is 17.4 Å². The van der Waals surface area contributed by atoms with Gasteiger partial charge in [-0.2, -0.15) is 0 Å². The third kappa shape index (κ3) is 3.83. The number of aryl methyl sites for hydroxylation is 1. The van der Waals surface area contributed by atoms with Gasteiger partial charge in [-0.25, -0.2) is 9.97 Å². The second-order valence-corrected chi connectivity index (χ2v) is 5.99. The summed E-state index contributed by atoms with van der Waals surface area (Å²) in [5, 5.41) is 4.02. The van der Waals surface area contributed by atoms with Crippen LogP contribution in [0.2, 0.25) is 5.15 Å². The van der Waals surface area contributed by atoms with E-state index in [2.05, 4.69) is 34.0 Å². The summed E-state index contributed by atoms with van der Waals surface area (Å²) < 4.78 is 0. The maximum absolute atomic E-state index is 6.20. The van der Waals surface area contributed by atoms with Crippen molar-refractivity contribution < 1.29 is 0 Å². The Hall–Kier alpha value is -0.870. The van der Waals surface area contributed by atoms with Gasteiger partial charge in [0.05, 0.1) is 0 Å². The Labute approximate surface area is 126 Å². The molecule has 0 radical (unpaired) electrons. The lowest BCUT2D eigenvalue weighted by Crippen LogP contribution is -2.35. The van der Waals surface area contributed by atoms with E-state index in [9.17, 15) is 0 Å². The lowest BCUT2D eigenvalue weighted by atomic mass is 10.2. The predicted octanol–water partition coefficient (Wildman–Crippen LogP) is 3.29. The second kappa shape index (κ2) is 7.23. The van der Waals surface area contributed by atoms with Gasteiger partial charge in [-0.15, -0.1) is 0 Å². The van der Waals surface area contributed by atoms with Crippen LogP contribution in [0, 0.1) is 6.92 Å². The molecule has 1 aromatic heterocycles. The minimum atomic E-state index is 0.528. The molecule has 2 heterocycles. The summed E-state index contributed by atoms with van der Waals surface area (Å²) in [5.41, 5.74) is 0.945. The van der Waals surface area contributed by atoms with Gasteiger partial charge in [-0.05, 0) is 46.2 Å². The highest BCUT2D eigenvalue weighted by Gasteiger charge is 2.18. The third-order valence-corrected chi connectivity index (χ3v) is 4.30. The summed E-state index contributed by atoms with van der Waals surface area (Å²) in [6.07, 6.45) is 4.55. The normalized spacial score (nSPS) is 17.4. The van der Waals surface area contributed by atoms with E-state index in [0.29, 0.717) is 11.2 Å². The number of hydrogen-bond donors (Lipinski definition) is 1. The summed E-state index contributed by atoms with van der Waals surface area (Å²) in [6.45, 7) is 9.70. The molecule has 0 spiro atoms. The number of nitrogens with one attached hydrogen (secondary N) is 1. The smallest absolute Gasteiger partial charge is 0.137 e. The molecule has 1 fully saturated rings. The van der Waals surface area contributed by atoms with Crippen molar-refractivity contribution in [1.82, 2.24) is 14.9 Å². The number of nitrogens with zero attached hydrogens (tertiary/aromatic N) is 3. The van der Waals surface area contributed by atoms with Crippen LogP contribution in [0.15, 0.2) is 0 Å². The zero-order chi connectivity index (χ0) is 14.5. The Bertz CT molecular complexity index is 444. The number of aromatic nitrogens is 2. The average molecular weight is 297 g/mol. The molecule has 1 N–H and O–H groups in total. The molecule has 0 aromatic carbocycles. The SMILES string of the molecule is CCCc1nc(Cl)c(C)c(NCC(C)N2CCCC2)n1. The Morgan fingerprint density at radius 2 is 2.00 bits per heavy atom. The van der Waals surface area contributed by atoms with Crippen LogP contribution in [0.3, 0.4) is 0 Å².